The largest absolute Gasteiger partial charge is 0.407 e. The molecule has 0 saturated carbocycles. The molecule has 2 aliphatic carbocycles. The van der Waals surface area contributed by atoms with E-state index < -0.39 is 8.16 Å². The van der Waals surface area contributed by atoms with Crippen LogP contribution in [0, 0.1) is 11.8 Å². The summed E-state index contributed by atoms with van der Waals surface area (Å²) in [4.78, 5) is 0. The summed E-state index contributed by atoms with van der Waals surface area (Å²) in [5, 5.41) is 2.68. The van der Waals surface area contributed by atoms with Crippen molar-refractivity contribution in [2.75, 3.05) is 17.8 Å². The molecule has 4 aromatic carbocycles. The summed E-state index contributed by atoms with van der Waals surface area (Å²) in [7, 11) is -1.35. The first-order chi connectivity index (χ1) is 21.1. The van der Waals surface area contributed by atoms with Gasteiger partial charge in [0.15, 0.2) is 11.2 Å². The molecular weight excluding hydrogens is 545 g/mol. The highest BCUT2D eigenvalue weighted by Gasteiger charge is 2.30. The molecule has 1 aromatic heterocycles. The standard InChI is InChI=1S/C39H42NO2P/c1-26-21-27(2)25-40(24-26)43-41-38-34(28-13-5-3-6-14-28)22-30-17-9-11-19-32(30)36(38)37-33-20-12-10-18-31(33)23-35(39(37)42-43)29-15-7-4-8-16-29/h3-8,13-16,22-23,26-27H,9-12,17-21,24-25H2,1-2H3. The average molecular weight is 588 g/mol. The van der Waals surface area contributed by atoms with E-state index in [1.54, 1.807) is 0 Å². The summed E-state index contributed by atoms with van der Waals surface area (Å²) < 4.78 is 17.3. The Morgan fingerprint density at radius 2 is 1.05 bits per heavy atom. The SMILES string of the molecule is CC1CC(C)CN(p2oc3c(-c4ccccc4)cc4c(c3c3c5c(cc(-c6ccccc6)c3o2)CCCC5)CCCC4)C1. The predicted molar refractivity (Wildman–Crippen MR) is 181 cm³/mol. The van der Waals surface area contributed by atoms with Crippen molar-refractivity contribution in [1.82, 2.24) is 0 Å². The smallest absolute Gasteiger partial charge is 0.309 e. The molecule has 0 amide bonds. The van der Waals surface area contributed by atoms with Crippen LogP contribution in [-0.2, 0) is 25.7 Å². The Morgan fingerprint density at radius 1 is 0.605 bits per heavy atom. The molecule has 0 spiro atoms. The molecule has 2 atom stereocenters. The maximum atomic E-state index is 7.38. The second-order valence-corrected chi connectivity index (χ2v) is 14.8. The van der Waals surface area contributed by atoms with Gasteiger partial charge in [0, 0.05) is 35.0 Å². The van der Waals surface area contributed by atoms with Crippen LogP contribution in [0.5, 0.6) is 0 Å². The molecule has 0 bridgehead atoms. The molecule has 8 rings (SSSR count). The van der Waals surface area contributed by atoms with Gasteiger partial charge in [-0.05, 0) is 115 Å². The number of aryl methyl sites for hydroxylation is 4. The van der Waals surface area contributed by atoms with Crippen molar-refractivity contribution in [3.63, 3.8) is 0 Å². The third-order valence-corrected chi connectivity index (χ3v) is 11.5. The summed E-state index contributed by atoms with van der Waals surface area (Å²) >= 11 is 0. The lowest BCUT2D eigenvalue weighted by Crippen LogP contribution is -2.36. The zero-order valence-electron chi connectivity index (χ0n) is 25.6. The van der Waals surface area contributed by atoms with Gasteiger partial charge < -0.3 is 8.39 Å². The number of hydrogen-bond donors (Lipinski definition) is 0. The van der Waals surface area contributed by atoms with Gasteiger partial charge in [0.2, 0.25) is 0 Å². The highest BCUT2D eigenvalue weighted by molar-refractivity contribution is 7.39. The van der Waals surface area contributed by atoms with Crippen LogP contribution >= 0.6 is 8.16 Å². The highest BCUT2D eigenvalue weighted by Crippen LogP contribution is 2.49. The first kappa shape index (κ1) is 27.3. The van der Waals surface area contributed by atoms with Crippen molar-refractivity contribution in [3.05, 3.63) is 95.1 Å². The monoisotopic (exact) mass is 587 g/mol. The summed E-state index contributed by atoms with van der Waals surface area (Å²) in [5.41, 5.74) is 13.0. The molecule has 5 aromatic rings. The van der Waals surface area contributed by atoms with Crippen LogP contribution in [-0.4, -0.2) is 13.1 Å². The number of nitrogens with zero attached hydrogens (tertiary/aromatic N) is 1. The van der Waals surface area contributed by atoms with Gasteiger partial charge in [-0.3, -0.25) is 0 Å². The van der Waals surface area contributed by atoms with Crippen LogP contribution < -0.4 is 4.67 Å². The van der Waals surface area contributed by atoms with Crippen LogP contribution in [0.3, 0.4) is 0 Å². The molecule has 0 radical (unpaired) electrons. The van der Waals surface area contributed by atoms with Crippen LogP contribution in [0.1, 0.15) is 68.2 Å². The summed E-state index contributed by atoms with van der Waals surface area (Å²) in [6, 6.07) is 26.8. The van der Waals surface area contributed by atoms with Gasteiger partial charge >= 0.3 is 8.16 Å². The zero-order chi connectivity index (χ0) is 28.9. The molecule has 43 heavy (non-hydrogen) atoms. The van der Waals surface area contributed by atoms with Gasteiger partial charge in [0.1, 0.15) is 0 Å². The fourth-order valence-electron chi connectivity index (χ4n) is 8.21. The third kappa shape index (κ3) is 4.95. The van der Waals surface area contributed by atoms with Gasteiger partial charge in [-0.15, -0.1) is 0 Å². The molecule has 1 fully saturated rings. The Morgan fingerprint density at radius 3 is 1.51 bits per heavy atom. The van der Waals surface area contributed by atoms with Gasteiger partial charge in [0.05, 0.1) is 0 Å². The minimum atomic E-state index is -1.35. The van der Waals surface area contributed by atoms with Crippen LogP contribution in [0.15, 0.2) is 81.2 Å². The van der Waals surface area contributed by atoms with Crippen LogP contribution in [0.4, 0.5) is 0 Å². The molecular formula is C39H42NO2P. The van der Waals surface area contributed by atoms with E-state index in [1.165, 1.54) is 87.4 Å². The van der Waals surface area contributed by atoms with Gasteiger partial charge in [-0.2, -0.15) is 0 Å². The lowest BCUT2D eigenvalue weighted by Gasteiger charge is -2.32. The topological polar surface area (TPSA) is 29.5 Å². The van der Waals surface area contributed by atoms with Gasteiger partial charge in [-0.1, -0.05) is 74.5 Å². The number of fused-ring (bicyclic) bond motifs is 7. The van der Waals surface area contributed by atoms with E-state index >= 15 is 0 Å². The molecule has 3 nitrogen and oxygen atoms in total. The zero-order valence-corrected chi connectivity index (χ0v) is 26.5. The normalized spacial score (nSPS) is 20.6. The number of rotatable bonds is 3. The minimum Gasteiger partial charge on any atom is -0.407 e. The molecule has 0 N–H and O–H groups in total. The van der Waals surface area contributed by atoms with Gasteiger partial charge in [0.25, 0.3) is 0 Å². The second-order valence-electron chi connectivity index (χ2n) is 13.4. The van der Waals surface area contributed by atoms with E-state index in [9.17, 15) is 0 Å². The first-order valence-corrected chi connectivity index (χ1v) is 17.7. The molecule has 3 aliphatic rings. The van der Waals surface area contributed by atoms with Crippen molar-refractivity contribution in [2.45, 2.75) is 71.6 Å². The first-order valence-electron chi connectivity index (χ1n) is 16.5. The maximum Gasteiger partial charge on any atom is 0.309 e. The quantitative estimate of drug-likeness (QED) is 0.210. The molecule has 2 unspecified atom stereocenters. The number of benzene rings is 4. The van der Waals surface area contributed by atoms with E-state index in [1.807, 2.05) is 0 Å². The second kappa shape index (κ2) is 11.3. The molecule has 2 heterocycles. The maximum absolute atomic E-state index is 7.38. The van der Waals surface area contributed by atoms with Gasteiger partial charge in [-0.25, -0.2) is 4.67 Å². The van der Waals surface area contributed by atoms with E-state index in [0.717, 1.165) is 49.9 Å². The van der Waals surface area contributed by atoms with Crippen LogP contribution in [0.2, 0.25) is 0 Å². The van der Waals surface area contributed by atoms with Crippen LogP contribution in [0.25, 0.3) is 44.2 Å². The lowest BCUT2D eigenvalue weighted by molar-refractivity contribution is 0.362. The lowest BCUT2D eigenvalue weighted by atomic mass is 9.81. The fraction of sp³-hybridized carbons (Fsp3) is 0.385. The number of hydrogen-bond acceptors (Lipinski definition) is 3. The predicted octanol–water partition coefficient (Wildman–Crippen LogP) is 11.0. The molecule has 220 valence electrons. The Labute approximate surface area is 256 Å². The molecule has 1 saturated heterocycles. The summed E-state index contributed by atoms with van der Waals surface area (Å²) in [6.45, 7) is 6.79. The Hall–Kier alpha value is -3.26. The third-order valence-electron chi connectivity index (χ3n) is 10.0. The summed E-state index contributed by atoms with van der Waals surface area (Å²) in [5.74, 6) is 1.24. The van der Waals surface area contributed by atoms with E-state index in [-0.39, 0.29) is 0 Å². The average Bonchev–Trinajstić information content (AvgIpc) is 3.23. The molecule has 1 aliphatic heterocycles. The Balaban J connectivity index is 1.59. The number of piperidine rings is 1. The minimum absolute atomic E-state index is 0.620. The van der Waals surface area contributed by atoms with Crippen molar-refractivity contribution in [1.29, 1.82) is 0 Å². The molecule has 4 heteroatoms. The fourth-order valence-corrected chi connectivity index (χ4v) is 9.99. The van der Waals surface area contributed by atoms with Crippen molar-refractivity contribution >= 4 is 30.1 Å². The highest BCUT2D eigenvalue weighted by atomic mass is 31.1. The Bertz CT molecular complexity index is 1710. The van der Waals surface area contributed by atoms with Crippen molar-refractivity contribution in [2.24, 2.45) is 11.8 Å². The van der Waals surface area contributed by atoms with E-state index in [2.05, 4.69) is 91.3 Å². The van der Waals surface area contributed by atoms with Crippen molar-refractivity contribution in [3.8, 4) is 22.3 Å². The van der Waals surface area contributed by atoms with E-state index in [0.29, 0.717) is 11.8 Å². The summed E-state index contributed by atoms with van der Waals surface area (Å²) in [6.07, 6.45) is 10.7. The van der Waals surface area contributed by atoms with Crippen molar-refractivity contribution < 1.29 is 8.39 Å². The Kier molecular flexibility index (Phi) is 7.20. The van der Waals surface area contributed by atoms with E-state index in [4.69, 9.17) is 8.39 Å².